The number of benzene rings is 2. The van der Waals surface area contributed by atoms with E-state index in [1.54, 1.807) is 18.2 Å². The number of nitrogens with zero attached hydrogens (tertiary/aromatic N) is 1. The molecule has 2 amide bonds. The van der Waals surface area contributed by atoms with Gasteiger partial charge in [-0.2, -0.15) is 0 Å². The van der Waals surface area contributed by atoms with Gasteiger partial charge in [0.2, 0.25) is 5.91 Å². The first kappa shape index (κ1) is 19.1. The molecule has 1 aliphatic rings. The predicted molar refractivity (Wildman–Crippen MR) is 105 cm³/mol. The van der Waals surface area contributed by atoms with Crippen LogP contribution in [0.15, 0.2) is 54.6 Å². The van der Waals surface area contributed by atoms with E-state index in [9.17, 15) is 9.59 Å². The molecule has 2 N–H and O–H groups in total. The van der Waals surface area contributed by atoms with Crippen molar-refractivity contribution in [3.05, 3.63) is 65.7 Å². The number of hydrogen-bond donors (Lipinski definition) is 2. The van der Waals surface area contributed by atoms with Crippen molar-refractivity contribution in [2.45, 2.75) is 13.0 Å². The van der Waals surface area contributed by atoms with Gasteiger partial charge in [0, 0.05) is 13.1 Å². The number of ether oxygens (including phenoxy) is 1. The first-order valence-corrected chi connectivity index (χ1v) is 9.18. The average molecular weight is 367 g/mol. The Hall–Kier alpha value is -2.70. The number of anilines is 1. The van der Waals surface area contributed by atoms with Crippen molar-refractivity contribution in [1.29, 1.82) is 0 Å². The number of amides is 2. The number of nitrogens with one attached hydrogen (secondary N) is 2. The Kier molecular flexibility index (Phi) is 6.57. The van der Waals surface area contributed by atoms with Crippen LogP contribution in [0.5, 0.6) is 0 Å². The quantitative estimate of drug-likeness (QED) is 0.823. The number of morpholine rings is 1. The zero-order chi connectivity index (χ0) is 19.1. The minimum absolute atomic E-state index is 0.129. The van der Waals surface area contributed by atoms with Crippen LogP contribution in [0.25, 0.3) is 0 Å². The van der Waals surface area contributed by atoms with Crippen LogP contribution in [-0.4, -0.2) is 49.6 Å². The third-order valence-corrected chi connectivity index (χ3v) is 4.56. The van der Waals surface area contributed by atoms with Gasteiger partial charge in [0.15, 0.2) is 0 Å². The Balaban J connectivity index is 1.64. The first-order valence-electron chi connectivity index (χ1n) is 9.18. The monoisotopic (exact) mass is 367 g/mol. The summed E-state index contributed by atoms with van der Waals surface area (Å²) in [6.45, 7) is 4.99. The van der Waals surface area contributed by atoms with Crippen LogP contribution < -0.4 is 10.6 Å². The standard InChI is InChI=1S/C21H25N3O3/c1-16(17-7-3-2-4-8-17)22-21(26)18-9-5-6-10-19(18)23-20(25)15-24-11-13-27-14-12-24/h2-10,16H,11-15H2,1H3,(H,22,26)(H,23,25)/t16-/m1/s1. The van der Waals surface area contributed by atoms with Crippen LogP contribution in [0.2, 0.25) is 0 Å². The molecule has 6 heteroatoms. The Morgan fingerprint density at radius 2 is 1.70 bits per heavy atom. The molecule has 2 aromatic carbocycles. The second-order valence-electron chi connectivity index (χ2n) is 6.59. The second-order valence-corrected chi connectivity index (χ2v) is 6.59. The van der Waals surface area contributed by atoms with Gasteiger partial charge in [0.1, 0.15) is 0 Å². The summed E-state index contributed by atoms with van der Waals surface area (Å²) in [7, 11) is 0. The van der Waals surface area contributed by atoms with E-state index in [0.29, 0.717) is 31.0 Å². The third kappa shape index (κ3) is 5.39. The summed E-state index contributed by atoms with van der Waals surface area (Å²) in [6.07, 6.45) is 0. The highest BCUT2D eigenvalue weighted by Crippen LogP contribution is 2.18. The molecule has 0 aliphatic carbocycles. The van der Waals surface area contributed by atoms with Gasteiger partial charge < -0.3 is 15.4 Å². The summed E-state index contributed by atoms with van der Waals surface area (Å²) in [5, 5.41) is 5.86. The summed E-state index contributed by atoms with van der Waals surface area (Å²) in [5.41, 5.74) is 2.00. The van der Waals surface area contributed by atoms with Crippen molar-refractivity contribution in [2.24, 2.45) is 0 Å². The van der Waals surface area contributed by atoms with E-state index in [2.05, 4.69) is 10.6 Å². The molecule has 0 radical (unpaired) electrons. The van der Waals surface area contributed by atoms with E-state index >= 15 is 0 Å². The fourth-order valence-corrected chi connectivity index (χ4v) is 3.04. The lowest BCUT2D eigenvalue weighted by Crippen LogP contribution is -2.41. The van der Waals surface area contributed by atoms with Crippen molar-refractivity contribution < 1.29 is 14.3 Å². The molecule has 0 saturated carbocycles. The first-order chi connectivity index (χ1) is 13.1. The minimum Gasteiger partial charge on any atom is -0.379 e. The van der Waals surface area contributed by atoms with Crippen molar-refractivity contribution in [3.8, 4) is 0 Å². The summed E-state index contributed by atoms with van der Waals surface area (Å²) < 4.78 is 5.30. The second kappa shape index (κ2) is 9.30. The molecule has 142 valence electrons. The highest BCUT2D eigenvalue weighted by Gasteiger charge is 2.18. The number of carbonyl (C=O) groups is 2. The molecule has 1 heterocycles. The molecule has 0 spiro atoms. The summed E-state index contributed by atoms with van der Waals surface area (Å²) in [6, 6.07) is 16.7. The van der Waals surface area contributed by atoms with Crippen LogP contribution >= 0.6 is 0 Å². The number of hydrogen-bond acceptors (Lipinski definition) is 4. The molecule has 0 bridgehead atoms. The van der Waals surface area contributed by atoms with E-state index in [4.69, 9.17) is 4.74 Å². The largest absolute Gasteiger partial charge is 0.379 e. The van der Waals surface area contributed by atoms with Crippen molar-refractivity contribution in [1.82, 2.24) is 10.2 Å². The van der Waals surface area contributed by atoms with E-state index in [1.807, 2.05) is 48.2 Å². The maximum absolute atomic E-state index is 12.7. The van der Waals surface area contributed by atoms with Gasteiger partial charge >= 0.3 is 0 Å². The van der Waals surface area contributed by atoms with Gasteiger partial charge in [0.25, 0.3) is 5.91 Å². The highest BCUT2D eigenvalue weighted by molar-refractivity contribution is 6.04. The summed E-state index contributed by atoms with van der Waals surface area (Å²) in [4.78, 5) is 27.1. The van der Waals surface area contributed by atoms with E-state index in [1.165, 1.54) is 0 Å². The van der Waals surface area contributed by atoms with Gasteiger partial charge in [-0.25, -0.2) is 0 Å². The lowest BCUT2D eigenvalue weighted by molar-refractivity contribution is -0.118. The molecular formula is C21H25N3O3. The normalized spacial score (nSPS) is 15.7. The van der Waals surface area contributed by atoms with Crippen LogP contribution in [-0.2, 0) is 9.53 Å². The maximum Gasteiger partial charge on any atom is 0.253 e. The van der Waals surface area contributed by atoms with Crippen LogP contribution in [0.1, 0.15) is 28.9 Å². The van der Waals surface area contributed by atoms with Crippen LogP contribution in [0, 0.1) is 0 Å². The zero-order valence-electron chi connectivity index (χ0n) is 15.5. The Morgan fingerprint density at radius 3 is 2.44 bits per heavy atom. The van der Waals surface area contributed by atoms with E-state index in [-0.39, 0.29) is 17.9 Å². The molecule has 1 saturated heterocycles. The highest BCUT2D eigenvalue weighted by atomic mass is 16.5. The zero-order valence-corrected chi connectivity index (χ0v) is 15.5. The molecule has 3 rings (SSSR count). The van der Waals surface area contributed by atoms with Crippen molar-refractivity contribution in [2.75, 3.05) is 38.2 Å². The lowest BCUT2D eigenvalue weighted by Gasteiger charge is -2.26. The molecule has 1 fully saturated rings. The molecule has 2 aromatic rings. The number of carbonyl (C=O) groups excluding carboxylic acids is 2. The molecule has 0 aromatic heterocycles. The van der Waals surface area contributed by atoms with E-state index in [0.717, 1.165) is 18.7 Å². The van der Waals surface area contributed by atoms with Gasteiger partial charge in [-0.15, -0.1) is 0 Å². The van der Waals surface area contributed by atoms with Crippen LogP contribution in [0.3, 0.4) is 0 Å². The smallest absolute Gasteiger partial charge is 0.253 e. The van der Waals surface area contributed by atoms with Crippen molar-refractivity contribution in [3.63, 3.8) is 0 Å². The number of rotatable bonds is 6. The SMILES string of the molecule is C[C@@H](NC(=O)c1ccccc1NC(=O)CN1CCOCC1)c1ccccc1. The Labute approximate surface area is 159 Å². The predicted octanol–water partition coefficient (Wildman–Crippen LogP) is 2.45. The van der Waals surface area contributed by atoms with Gasteiger partial charge in [0.05, 0.1) is 37.1 Å². The summed E-state index contributed by atoms with van der Waals surface area (Å²) in [5.74, 6) is -0.345. The molecule has 6 nitrogen and oxygen atoms in total. The van der Waals surface area contributed by atoms with Gasteiger partial charge in [-0.05, 0) is 24.6 Å². The molecular weight excluding hydrogens is 342 g/mol. The van der Waals surface area contributed by atoms with E-state index < -0.39 is 0 Å². The van der Waals surface area contributed by atoms with Crippen molar-refractivity contribution >= 4 is 17.5 Å². The fraction of sp³-hybridized carbons (Fsp3) is 0.333. The topological polar surface area (TPSA) is 70.7 Å². The molecule has 1 atom stereocenters. The summed E-state index contributed by atoms with van der Waals surface area (Å²) >= 11 is 0. The Morgan fingerprint density at radius 1 is 1.04 bits per heavy atom. The van der Waals surface area contributed by atoms with Gasteiger partial charge in [-0.1, -0.05) is 42.5 Å². The Bertz CT molecular complexity index is 773. The molecule has 27 heavy (non-hydrogen) atoms. The maximum atomic E-state index is 12.7. The molecule has 1 aliphatic heterocycles. The fourth-order valence-electron chi connectivity index (χ4n) is 3.04. The number of para-hydroxylation sites is 1. The van der Waals surface area contributed by atoms with Gasteiger partial charge in [-0.3, -0.25) is 14.5 Å². The molecule has 0 unspecified atom stereocenters. The third-order valence-electron chi connectivity index (χ3n) is 4.56. The average Bonchev–Trinajstić information content (AvgIpc) is 2.69. The minimum atomic E-state index is -0.214. The van der Waals surface area contributed by atoms with Crippen LogP contribution in [0.4, 0.5) is 5.69 Å². The lowest BCUT2D eigenvalue weighted by atomic mass is 10.1.